The van der Waals surface area contributed by atoms with Crippen LogP contribution in [-0.4, -0.2) is 43.3 Å². The Balaban J connectivity index is 1.40. The van der Waals surface area contributed by atoms with Crippen LogP contribution in [0.1, 0.15) is 19.2 Å². The molecular formula is C19H18ClN5O2S2. The molecule has 1 amide bonds. The minimum atomic E-state index is -0.00814. The second-order valence-electron chi connectivity index (χ2n) is 6.29. The Kier molecular flexibility index (Phi) is 6.17. The van der Waals surface area contributed by atoms with Gasteiger partial charge in [-0.3, -0.25) is 4.79 Å². The normalized spacial score (nSPS) is 11.2. The number of benzene rings is 1. The summed E-state index contributed by atoms with van der Waals surface area (Å²) in [6, 6.07) is 9.32. The Morgan fingerprint density at radius 2 is 2.24 bits per heavy atom. The number of imidazole rings is 1. The summed E-state index contributed by atoms with van der Waals surface area (Å²) in [4.78, 5) is 23.1. The minimum Gasteiger partial charge on any atom is -0.418 e. The molecule has 0 saturated carbocycles. The molecule has 0 aliphatic carbocycles. The number of H-pyrrole nitrogens is 1. The highest BCUT2D eigenvalue weighted by Crippen LogP contribution is 2.24. The summed E-state index contributed by atoms with van der Waals surface area (Å²) in [5, 5.41) is 11.5. The molecule has 0 aliphatic rings. The zero-order valence-electron chi connectivity index (χ0n) is 15.6. The molecule has 3 aromatic heterocycles. The summed E-state index contributed by atoms with van der Waals surface area (Å²) < 4.78 is 5.73. The van der Waals surface area contributed by atoms with Gasteiger partial charge in [-0.05, 0) is 36.1 Å². The van der Waals surface area contributed by atoms with E-state index in [0.717, 1.165) is 22.3 Å². The first-order valence-electron chi connectivity index (χ1n) is 9.04. The van der Waals surface area contributed by atoms with Crippen LogP contribution in [0.15, 0.2) is 45.3 Å². The molecule has 0 atom stereocenters. The summed E-state index contributed by atoms with van der Waals surface area (Å²) in [5.74, 6) is 1.17. The van der Waals surface area contributed by atoms with Crippen LogP contribution in [0, 0.1) is 0 Å². The van der Waals surface area contributed by atoms with Crippen molar-refractivity contribution in [1.82, 2.24) is 25.1 Å². The molecule has 7 nitrogen and oxygen atoms in total. The van der Waals surface area contributed by atoms with Gasteiger partial charge in [0, 0.05) is 11.6 Å². The first kappa shape index (κ1) is 19.9. The van der Waals surface area contributed by atoms with Gasteiger partial charge >= 0.3 is 0 Å². The smallest absolute Gasteiger partial charge is 0.257 e. The van der Waals surface area contributed by atoms with Gasteiger partial charge in [-0.2, -0.15) is 0 Å². The fourth-order valence-electron chi connectivity index (χ4n) is 2.79. The number of hydrogen-bond donors (Lipinski definition) is 1. The maximum absolute atomic E-state index is 12.8. The second kappa shape index (κ2) is 8.98. The lowest BCUT2D eigenvalue weighted by Gasteiger charge is -2.19. The fourth-order valence-corrected chi connectivity index (χ4v) is 4.39. The van der Waals surface area contributed by atoms with Crippen molar-refractivity contribution in [2.24, 2.45) is 0 Å². The van der Waals surface area contributed by atoms with Crippen LogP contribution in [0.3, 0.4) is 0 Å². The van der Waals surface area contributed by atoms with Crippen molar-refractivity contribution < 1.29 is 9.21 Å². The Labute approximate surface area is 180 Å². The molecule has 0 spiro atoms. The molecule has 0 fully saturated rings. The Hall–Kier alpha value is -2.36. The number of aromatic amines is 1. The maximum Gasteiger partial charge on any atom is 0.257 e. The first-order valence-corrected chi connectivity index (χ1v) is 11.3. The van der Waals surface area contributed by atoms with E-state index < -0.39 is 0 Å². The van der Waals surface area contributed by atoms with Crippen molar-refractivity contribution in [2.75, 3.05) is 12.3 Å². The third-order valence-corrected chi connectivity index (χ3v) is 6.08. The summed E-state index contributed by atoms with van der Waals surface area (Å²) in [6.45, 7) is 2.94. The second-order valence-corrected chi connectivity index (χ2v) is 8.63. The van der Waals surface area contributed by atoms with Gasteiger partial charge < -0.3 is 14.3 Å². The number of amides is 1. The predicted octanol–water partition coefficient (Wildman–Crippen LogP) is 4.86. The van der Waals surface area contributed by atoms with Gasteiger partial charge in [0.05, 0.1) is 28.2 Å². The van der Waals surface area contributed by atoms with Gasteiger partial charge in [0.25, 0.3) is 5.89 Å². The average Bonchev–Trinajstić information content (AvgIpc) is 3.45. The highest BCUT2D eigenvalue weighted by molar-refractivity contribution is 7.99. The number of hydrogen-bond acceptors (Lipinski definition) is 7. The Bertz CT molecular complexity index is 1110. The van der Waals surface area contributed by atoms with Crippen molar-refractivity contribution in [3.63, 3.8) is 0 Å². The van der Waals surface area contributed by atoms with Crippen LogP contribution in [0.5, 0.6) is 0 Å². The van der Waals surface area contributed by atoms with E-state index in [9.17, 15) is 4.79 Å². The molecule has 10 heteroatoms. The molecule has 3 heterocycles. The molecule has 0 bridgehead atoms. The number of carbonyl (C=O) groups is 1. The van der Waals surface area contributed by atoms with Gasteiger partial charge in [0.1, 0.15) is 0 Å². The van der Waals surface area contributed by atoms with E-state index in [-0.39, 0.29) is 11.7 Å². The predicted molar refractivity (Wildman–Crippen MR) is 115 cm³/mol. The number of thioether (sulfide) groups is 1. The molecule has 0 saturated heterocycles. The summed E-state index contributed by atoms with van der Waals surface area (Å²) >= 11 is 8.90. The van der Waals surface area contributed by atoms with Crippen LogP contribution in [-0.2, 0) is 11.3 Å². The molecular weight excluding hydrogens is 430 g/mol. The maximum atomic E-state index is 12.8. The van der Waals surface area contributed by atoms with Gasteiger partial charge in [-0.1, -0.05) is 36.4 Å². The van der Waals surface area contributed by atoms with Crippen LogP contribution in [0.2, 0.25) is 5.02 Å². The number of nitrogens with zero attached hydrogens (tertiary/aromatic N) is 4. The van der Waals surface area contributed by atoms with Crippen molar-refractivity contribution in [1.29, 1.82) is 0 Å². The Morgan fingerprint density at radius 3 is 3.03 bits per heavy atom. The zero-order chi connectivity index (χ0) is 20.2. The van der Waals surface area contributed by atoms with E-state index in [4.69, 9.17) is 16.0 Å². The van der Waals surface area contributed by atoms with Gasteiger partial charge in [-0.15, -0.1) is 21.5 Å². The Morgan fingerprint density at radius 1 is 1.34 bits per heavy atom. The fraction of sp³-hybridized carbons (Fsp3) is 0.263. The quantitative estimate of drug-likeness (QED) is 0.388. The molecule has 150 valence electrons. The van der Waals surface area contributed by atoms with E-state index in [1.54, 1.807) is 11.0 Å². The molecule has 0 aliphatic heterocycles. The number of fused-ring (bicyclic) bond motifs is 1. The molecule has 4 aromatic rings. The van der Waals surface area contributed by atoms with E-state index in [1.807, 2.05) is 36.6 Å². The molecule has 29 heavy (non-hydrogen) atoms. The van der Waals surface area contributed by atoms with Crippen molar-refractivity contribution >= 4 is 51.6 Å². The van der Waals surface area contributed by atoms with Gasteiger partial charge in [0.2, 0.25) is 11.8 Å². The molecule has 1 N–H and O–H groups in total. The summed E-state index contributed by atoms with van der Waals surface area (Å²) in [6.07, 6.45) is 0.839. The SMILES string of the molecule is CCCN(Cc1nnc(-c2cccs2)o1)C(=O)CSc1nc2ccc(Cl)cc2[nH]1. The standard InChI is InChI=1S/C19H18ClN5O2S2/c1-2-7-25(10-16-23-24-18(27-16)15-4-3-8-28-15)17(26)11-29-19-21-13-6-5-12(20)9-14(13)22-19/h3-6,8-9H,2,7,10-11H2,1H3,(H,21,22). The largest absolute Gasteiger partial charge is 0.418 e. The van der Waals surface area contributed by atoms with E-state index in [0.29, 0.717) is 35.1 Å². The minimum absolute atomic E-state index is 0.00814. The lowest BCUT2D eigenvalue weighted by Crippen LogP contribution is -2.32. The summed E-state index contributed by atoms with van der Waals surface area (Å²) in [5.41, 5.74) is 1.67. The zero-order valence-corrected chi connectivity index (χ0v) is 18.0. The topological polar surface area (TPSA) is 87.9 Å². The van der Waals surface area contributed by atoms with Gasteiger partial charge in [-0.25, -0.2) is 4.98 Å². The van der Waals surface area contributed by atoms with Crippen molar-refractivity contribution in [2.45, 2.75) is 25.0 Å². The number of aromatic nitrogens is 4. The third kappa shape index (κ3) is 4.80. The van der Waals surface area contributed by atoms with Crippen molar-refractivity contribution in [3.05, 3.63) is 46.6 Å². The number of rotatable bonds is 8. The third-order valence-electron chi connectivity index (χ3n) is 4.13. The number of nitrogens with one attached hydrogen (secondary N) is 1. The lowest BCUT2D eigenvalue weighted by molar-refractivity contribution is -0.129. The lowest BCUT2D eigenvalue weighted by atomic mass is 10.3. The molecule has 0 radical (unpaired) electrons. The highest BCUT2D eigenvalue weighted by Gasteiger charge is 2.18. The van der Waals surface area contributed by atoms with Crippen LogP contribution >= 0.6 is 34.7 Å². The first-order chi connectivity index (χ1) is 14.1. The monoisotopic (exact) mass is 447 g/mol. The molecule has 0 unspecified atom stereocenters. The van der Waals surface area contributed by atoms with Crippen LogP contribution in [0.4, 0.5) is 0 Å². The number of halogens is 1. The van der Waals surface area contributed by atoms with E-state index in [2.05, 4.69) is 20.2 Å². The van der Waals surface area contributed by atoms with Crippen molar-refractivity contribution in [3.8, 4) is 10.8 Å². The van der Waals surface area contributed by atoms with E-state index >= 15 is 0 Å². The molecule has 4 rings (SSSR count). The van der Waals surface area contributed by atoms with Crippen LogP contribution < -0.4 is 0 Å². The van der Waals surface area contributed by atoms with Gasteiger partial charge in [0.15, 0.2) is 5.16 Å². The number of thiophene rings is 1. The summed E-state index contributed by atoms with van der Waals surface area (Å²) in [7, 11) is 0. The highest BCUT2D eigenvalue weighted by atomic mass is 35.5. The van der Waals surface area contributed by atoms with E-state index in [1.165, 1.54) is 23.1 Å². The number of carbonyl (C=O) groups excluding carboxylic acids is 1. The average molecular weight is 448 g/mol. The van der Waals surface area contributed by atoms with Crippen LogP contribution in [0.25, 0.3) is 21.8 Å². The molecule has 1 aromatic carbocycles.